The molecule has 0 aliphatic heterocycles. The van der Waals surface area contributed by atoms with E-state index < -0.39 is 0 Å². The molecule has 36 heavy (non-hydrogen) atoms. The zero-order chi connectivity index (χ0) is 25.2. The van der Waals surface area contributed by atoms with Gasteiger partial charge in [0.05, 0.1) is 16.6 Å². The van der Waals surface area contributed by atoms with E-state index in [0.29, 0.717) is 27.4 Å². The first-order valence-corrected chi connectivity index (χ1v) is 13.2. The molecular formula is C29H28FN3O2S. The molecule has 1 N–H and O–H groups in total. The van der Waals surface area contributed by atoms with E-state index in [2.05, 4.69) is 11.4 Å². The zero-order valence-electron chi connectivity index (χ0n) is 20.4. The molecule has 1 aliphatic rings. The van der Waals surface area contributed by atoms with Crippen LogP contribution >= 0.6 is 11.8 Å². The van der Waals surface area contributed by atoms with Gasteiger partial charge in [0.25, 0.3) is 11.5 Å². The van der Waals surface area contributed by atoms with E-state index in [1.165, 1.54) is 23.9 Å². The molecule has 1 amide bonds. The van der Waals surface area contributed by atoms with Gasteiger partial charge in [-0.25, -0.2) is 9.37 Å². The van der Waals surface area contributed by atoms with Crippen LogP contribution in [0.2, 0.25) is 0 Å². The summed E-state index contributed by atoms with van der Waals surface area (Å²) in [6, 6.07) is 17.6. The van der Waals surface area contributed by atoms with E-state index in [1.807, 2.05) is 26.0 Å². The number of carbonyl (C=O) groups excluding carboxylic acids is 1. The Morgan fingerprint density at radius 3 is 2.42 bits per heavy atom. The molecule has 0 atom stereocenters. The van der Waals surface area contributed by atoms with Crippen molar-refractivity contribution in [1.29, 1.82) is 0 Å². The number of halogens is 1. The van der Waals surface area contributed by atoms with Gasteiger partial charge in [-0.1, -0.05) is 42.8 Å². The molecule has 1 fully saturated rings. The quantitative estimate of drug-likeness (QED) is 0.256. The molecule has 1 aliphatic carbocycles. The van der Waals surface area contributed by atoms with E-state index in [9.17, 15) is 14.0 Å². The maximum atomic E-state index is 13.7. The highest BCUT2D eigenvalue weighted by Gasteiger charge is 2.20. The van der Waals surface area contributed by atoms with Crippen LogP contribution in [0, 0.1) is 19.7 Å². The maximum Gasteiger partial charge on any atom is 0.266 e. The molecule has 5 rings (SSSR count). The second-order valence-electron chi connectivity index (χ2n) is 9.48. The van der Waals surface area contributed by atoms with E-state index in [-0.39, 0.29) is 23.3 Å². The molecule has 1 saturated carbocycles. The van der Waals surface area contributed by atoms with Crippen molar-refractivity contribution in [3.8, 4) is 5.69 Å². The van der Waals surface area contributed by atoms with Crippen LogP contribution < -0.4 is 10.9 Å². The summed E-state index contributed by atoms with van der Waals surface area (Å²) in [5.74, 6) is 0.0953. The van der Waals surface area contributed by atoms with E-state index in [1.54, 1.807) is 34.9 Å². The number of rotatable bonds is 6. The molecule has 1 heterocycles. The zero-order valence-corrected chi connectivity index (χ0v) is 21.2. The molecule has 4 aromatic rings. The smallest absolute Gasteiger partial charge is 0.266 e. The molecule has 184 valence electrons. The van der Waals surface area contributed by atoms with Gasteiger partial charge in [-0.05, 0) is 85.8 Å². The number of nitrogens with one attached hydrogen (secondary N) is 1. The minimum absolute atomic E-state index is 0.135. The van der Waals surface area contributed by atoms with Crippen molar-refractivity contribution in [2.75, 3.05) is 0 Å². The lowest BCUT2D eigenvalue weighted by Gasteiger charge is -2.16. The highest BCUT2D eigenvalue weighted by molar-refractivity contribution is 7.98. The number of benzene rings is 3. The first-order valence-electron chi connectivity index (χ1n) is 12.2. The van der Waals surface area contributed by atoms with Crippen LogP contribution in [0.3, 0.4) is 0 Å². The molecule has 0 unspecified atom stereocenters. The Bertz CT molecular complexity index is 1470. The van der Waals surface area contributed by atoms with Crippen LogP contribution in [0.4, 0.5) is 4.39 Å². The molecule has 1 aromatic heterocycles. The van der Waals surface area contributed by atoms with Crippen molar-refractivity contribution in [3.05, 3.63) is 99.1 Å². The van der Waals surface area contributed by atoms with Gasteiger partial charge in [0.15, 0.2) is 5.16 Å². The van der Waals surface area contributed by atoms with Gasteiger partial charge in [-0.3, -0.25) is 14.2 Å². The third-order valence-electron chi connectivity index (χ3n) is 6.54. The monoisotopic (exact) mass is 501 g/mol. The first kappa shape index (κ1) is 24.3. The number of hydrogen-bond acceptors (Lipinski definition) is 4. The Labute approximate surface area is 213 Å². The summed E-state index contributed by atoms with van der Waals surface area (Å²) in [6.45, 7) is 3.99. The number of thioether (sulfide) groups is 1. The molecule has 5 nitrogen and oxygen atoms in total. The maximum absolute atomic E-state index is 13.7. The third kappa shape index (κ3) is 5.21. The Hall–Kier alpha value is -3.45. The van der Waals surface area contributed by atoms with E-state index >= 15 is 0 Å². The van der Waals surface area contributed by atoms with Gasteiger partial charge in [-0.15, -0.1) is 0 Å². The Morgan fingerprint density at radius 2 is 1.72 bits per heavy atom. The van der Waals surface area contributed by atoms with Crippen LogP contribution in [0.15, 0.2) is 70.6 Å². The normalized spacial score (nSPS) is 13.9. The van der Waals surface area contributed by atoms with Crippen molar-refractivity contribution < 1.29 is 9.18 Å². The Kier molecular flexibility index (Phi) is 6.92. The van der Waals surface area contributed by atoms with Gasteiger partial charge >= 0.3 is 0 Å². The van der Waals surface area contributed by atoms with Crippen molar-refractivity contribution in [1.82, 2.24) is 14.9 Å². The van der Waals surface area contributed by atoms with E-state index in [0.717, 1.165) is 48.1 Å². The number of nitrogens with zero attached hydrogens (tertiary/aromatic N) is 2. The van der Waals surface area contributed by atoms with Crippen molar-refractivity contribution in [3.63, 3.8) is 0 Å². The predicted octanol–water partition coefficient (Wildman–Crippen LogP) is 6.11. The molecule has 0 radical (unpaired) electrons. The average Bonchev–Trinajstić information content (AvgIpc) is 3.36. The average molecular weight is 502 g/mol. The van der Waals surface area contributed by atoms with Crippen LogP contribution in [-0.4, -0.2) is 21.5 Å². The second-order valence-corrected chi connectivity index (χ2v) is 10.4. The van der Waals surface area contributed by atoms with Crippen LogP contribution in [0.25, 0.3) is 16.6 Å². The van der Waals surface area contributed by atoms with Gasteiger partial charge in [0, 0.05) is 17.4 Å². The number of aryl methyl sites for hydroxylation is 2. The first-order chi connectivity index (χ1) is 17.4. The topological polar surface area (TPSA) is 64.0 Å². The Balaban J connectivity index is 1.57. The fourth-order valence-corrected chi connectivity index (χ4v) is 5.75. The summed E-state index contributed by atoms with van der Waals surface area (Å²) in [4.78, 5) is 31.5. The lowest BCUT2D eigenvalue weighted by molar-refractivity contribution is 0.0938. The summed E-state index contributed by atoms with van der Waals surface area (Å²) in [5, 5.41) is 4.08. The van der Waals surface area contributed by atoms with Crippen LogP contribution in [0.5, 0.6) is 0 Å². The van der Waals surface area contributed by atoms with Gasteiger partial charge in [-0.2, -0.15) is 0 Å². The summed E-state index contributed by atoms with van der Waals surface area (Å²) in [6.07, 6.45) is 4.28. The lowest BCUT2D eigenvalue weighted by Crippen LogP contribution is -2.32. The second kappa shape index (κ2) is 10.3. The van der Waals surface area contributed by atoms with E-state index in [4.69, 9.17) is 4.98 Å². The van der Waals surface area contributed by atoms with Crippen molar-refractivity contribution in [2.45, 2.75) is 56.5 Å². The predicted molar refractivity (Wildman–Crippen MR) is 142 cm³/mol. The highest BCUT2D eigenvalue weighted by Crippen LogP contribution is 2.26. The Morgan fingerprint density at radius 1 is 1.03 bits per heavy atom. The molecule has 0 saturated heterocycles. The largest absolute Gasteiger partial charge is 0.349 e. The summed E-state index contributed by atoms with van der Waals surface area (Å²) in [7, 11) is 0. The summed E-state index contributed by atoms with van der Waals surface area (Å²) >= 11 is 1.41. The van der Waals surface area contributed by atoms with Gasteiger partial charge < -0.3 is 5.32 Å². The fourth-order valence-electron chi connectivity index (χ4n) is 4.78. The molecule has 0 spiro atoms. The molecule has 3 aromatic carbocycles. The number of fused-ring (bicyclic) bond motifs is 1. The third-order valence-corrected chi connectivity index (χ3v) is 7.55. The van der Waals surface area contributed by atoms with Crippen LogP contribution in [0.1, 0.15) is 52.7 Å². The molecular weight excluding hydrogens is 473 g/mol. The van der Waals surface area contributed by atoms with Crippen molar-refractivity contribution >= 4 is 28.6 Å². The minimum atomic E-state index is -0.289. The number of aromatic nitrogens is 2. The fraction of sp³-hybridized carbons (Fsp3) is 0.276. The number of hydrogen-bond donors (Lipinski definition) is 1. The minimum Gasteiger partial charge on any atom is -0.349 e. The summed E-state index contributed by atoms with van der Waals surface area (Å²) in [5.41, 5.74) is 4.57. The van der Waals surface area contributed by atoms with Crippen LogP contribution in [-0.2, 0) is 5.75 Å². The standard InChI is InChI=1S/C29H28FN3O2S/c1-18-13-19(2)15-24(14-18)33-28(35)25-12-9-21(27(34)31-23-5-3-4-6-23)16-26(25)32-29(33)36-17-20-7-10-22(30)11-8-20/h7-16,23H,3-6,17H2,1-2H3,(H,31,34). The van der Waals surface area contributed by atoms with Gasteiger partial charge in [0.2, 0.25) is 0 Å². The van der Waals surface area contributed by atoms with Crippen molar-refractivity contribution in [2.24, 2.45) is 0 Å². The number of carbonyl (C=O) groups is 1. The van der Waals surface area contributed by atoms with Gasteiger partial charge in [0.1, 0.15) is 5.82 Å². The highest BCUT2D eigenvalue weighted by atomic mass is 32.2. The molecule has 0 bridgehead atoms. The summed E-state index contributed by atoms with van der Waals surface area (Å²) < 4.78 is 15.0. The lowest BCUT2D eigenvalue weighted by atomic mass is 10.1. The molecule has 7 heteroatoms. The SMILES string of the molecule is Cc1cc(C)cc(-n2c(SCc3ccc(F)cc3)nc3cc(C(=O)NC4CCCC4)ccc3c2=O)c1. The number of amides is 1.